The zero-order valence-corrected chi connectivity index (χ0v) is 19.0. The first kappa shape index (κ1) is 22.4. The van der Waals surface area contributed by atoms with Crippen molar-refractivity contribution < 1.29 is 14.3 Å². The van der Waals surface area contributed by atoms with Crippen LogP contribution >= 0.6 is 0 Å². The molecule has 0 bridgehead atoms. The maximum absolute atomic E-state index is 13.3. The number of unbranched alkanes of at least 4 members (excludes halogenated alkanes) is 1. The van der Waals surface area contributed by atoms with Gasteiger partial charge in [-0.05, 0) is 61.9 Å². The molecule has 4 rings (SSSR count). The van der Waals surface area contributed by atoms with Gasteiger partial charge >= 0.3 is 0 Å². The van der Waals surface area contributed by atoms with Gasteiger partial charge in [0.2, 0.25) is 0 Å². The number of benzene rings is 3. The van der Waals surface area contributed by atoms with Gasteiger partial charge in [-0.1, -0.05) is 37.6 Å². The highest BCUT2D eigenvalue weighted by molar-refractivity contribution is 6.11. The molecule has 2 N–H and O–H groups in total. The number of nitrogens with one attached hydrogen (secondary N) is 2. The summed E-state index contributed by atoms with van der Waals surface area (Å²) in [5.41, 5.74) is 3.68. The van der Waals surface area contributed by atoms with Crippen molar-refractivity contribution in [2.45, 2.75) is 32.9 Å². The third-order valence-corrected chi connectivity index (χ3v) is 5.63. The Morgan fingerprint density at radius 1 is 1.00 bits per heavy atom. The number of fused-ring (bicyclic) bond motifs is 1. The fraction of sp³-hybridized carbons (Fsp3) is 0.259. The number of carbonyl (C=O) groups excluding carboxylic acids is 2. The number of anilines is 2. The Morgan fingerprint density at radius 3 is 2.55 bits per heavy atom. The summed E-state index contributed by atoms with van der Waals surface area (Å²) in [5, 5.41) is 6.42. The van der Waals surface area contributed by atoms with Crippen LogP contribution in [0.3, 0.4) is 0 Å². The number of amides is 2. The predicted molar refractivity (Wildman–Crippen MR) is 131 cm³/mol. The second kappa shape index (κ2) is 10.2. The number of rotatable bonds is 9. The standard InChI is InChI=1S/C27H29N3O3/c1-3-5-17-28-26(31)19-9-8-10-20(18-19)29-25-23-11-6-7-12-24(23)27(32)30(25)21-13-15-22(16-14-21)33-4-2/h6-16,18,25,29H,3-5,17H2,1-2H3,(H,28,31). The number of ether oxygens (including phenoxy) is 1. The van der Waals surface area contributed by atoms with Crippen molar-refractivity contribution in [2.75, 3.05) is 23.4 Å². The molecule has 1 aliphatic heterocycles. The average molecular weight is 444 g/mol. The second-order valence-corrected chi connectivity index (χ2v) is 7.93. The Hall–Kier alpha value is -3.80. The van der Waals surface area contributed by atoms with E-state index in [2.05, 4.69) is 17.6 Å². The summed E-state index contributed by atoms with van der Waals surface area (Å²) in [4.78, 5) is 27.6. The summed E-state index contributed by atoms with van der Waals surface area (Å²) in [7, 11) is 0. The van der Waals surface area contributed by atoms with Crippen LogP contribution in [0, 0.1) is 0 Å². The van der Waals surface area contributed by atoms with Crippen molar-refractivity contribution in [3.05, 3.63) is 89.5 Å². The summed E-state index contributed by atoms with van der Waals surface area (Å²) < 4.78 is 5.55. The van der Waals surface area contributed by atoms with E-state index < -0.39 is 6.17 Å². The monoisotopic (exact) mass is 443 g/mol. The topological polar surface area (TPSA) is 70.7 Å². The number of hydrogen-bond acceptors (Lipinski definition) is 4. The Morgan fingerprint density at radius 2 is 1.79 bits per heavy atom. The van der Waals surface area contributed by atoms with Crippen molar-refractivity contribution in [1.82, 2.24) is 5.32 Å². The molecule has 3 aromatic rings. The fourth-order valence-corrected chi connectivity index (χ4v) is 3.98. The number of nitrogens with zero attached hydrogens (tertiary/aromatic N) is 1. The van der Waals surface area contributed by atoms with E-state index in [0.717, 1.165) is 35.5 Å². The first-order valence-electron chi connectivity index (χ1n) is 11.4. The highest BCUT2D eigenvalue weighted by Gasteiger charge is 2.37. The van der Waals surface area contributed by atoms with E-state index in [1.165, 1.54) is 0 Å². The largest absolute Gasteiger partial charge is 0.494 e. The van der Waals surface area contributed by atoms with E-state index in [0.29, 0.717) is 24.3 Å². The maximum atomic E-state index is 13.3. The van der Waals surface area contributed by atoms with Gasteiger partial charge in [0.25, 0.3) is 11.8 Å². The van der Waals surface area contributed by atoms with E-state index in [1.807, 2.05) is 73.7 Å². The third-order valence-electron chi connectivity index (χ3n) is 5.63. The summed E-state index contributed by atoms with van der Waals surface area (Å²) >= 11 is 0. The van der Waals surface area contributed by atoms with Crippen LogP contribution in [0.1, 0.15) is 59.1 Å². The quantitative estimate of drug-likeness (QED) is 0.435. The fourth-order valence-electron chi connectivity index (χ4n) is 3.98. The van der Waals surface area contributed by atoms with Crippen LogP contribution in [-0.2, 0) is 0 Å². The molecule has 0 spiro atoms. The molecule has 6 heteroatoms. The Bertz CT molecular complexity index is 1130. The molecular weight excluding hydrogens is 414 g/mol. The van der Waals surface area contributed by atoms with E-state index in [1.54, 1.807) is 11.0 Å². The van der Waals surface area contributed by atoms with Gasteiger partial charge in [0.1, 0.15) is 11.9 Å². The van der Waals surface area contributed by atoms with Crippen LogP contribution in [-0.4, -0.2) is 25.0 Å². The zero-order chi connectivity index (χ0) is 23.2. The molecule has 0 aliphatic carbocycles. The van der Waals surface area contributed by atoms with Crippen LogP contribution in [0.4, 0.5) is 11.4 Å². The minimum Gasteiger partial charge on any atom is -0.494 e. The number of carbonyl (C=O) groups is 2. The van der Waals surface area contributed by atoms with Crippen LogP contribution < -0.4 is 20.3 Å². The van der Waals surface area contributed by atoms with Gasteiger partial charge in [0.05, 0.1) is 6.61 Å². The SMILES string of the molecule is CCCCNC(=O)c1cccc(NC2c3ccccc3C(=O)N2c2ccc(OCC)cc2)c1. The lowest BCUT2D eigenvalue weighted by atomic mass is 10.1. The Balaban J connectivity index is 1.62. The van der Waals surface area contributed by atoms with Gasteiger partial charge in [0, 0.05) is 34.6 Å². The highest BCUT2D eigenvalue weighted by Crippen LogP contribution is 2.38. The summed E-state index contributed by atoms with van der Waals surface area (Å²) in [5.74, 6) is 0.593. The second-order valence-electron chi connectivity index (χ2n) is 7.93. The first-order chi connectivity index (χ1) is 16.1. The van der Waals surface area contributed by atoms with E-state index in [-0.39, 0.29) is 11.8 Å². The summed E-state index contributed by atoms with van der Waals surface area (Å²) in [6.45, 7) is 5.27. The lowest BCUT2D eigenvalue weighted by molar-refractivity contribution is 0.0951. The molecule has 170 valence electrons. The van der Waals surface area contributed by atoms with Crippen molar-refractivity contribution in [3.8, 4) is 5.75 Å². The minimum atomic E-state index is -0.398. The molecule has 1 atom stereocenters. The highest BCUT2D eigenvalue weighted by atomic mass is 16.5. The molecule has 2 amide bonds. The van der Waals surface area contributed by atoms with Crippen LogP contribution in [0.5, 0.6) is 5.75 Å². The molecule has 0 fully saturated rings. The molecule has 3 aromatic carbocycles. The Kier molecular flexibility index (Phi) is 6.93. The van der Waals surface area contributed by atoms with Crippen molar-refractivity contribution in [1.29, 1.82) is 0 Å². The third kappa shape index (κ3) is 4.85. The molecule has 1 unspecified atom stereocenters. The first-order valence-corrected chi connectivity index (χ1v) is 11.4. The maximum Gasteiger partial charge on any atom is 0.260 e. The molecule has 0 aromatic heterocycles. The van der Waals surface area contributed by atoms with Gasteiger partial charge in [-0.15, -0.1) is 0 Å². The van der Waals surface area contributed by atoms with Crippen LogP contribution in [0.15, 0.2) is 72.8 Å². The smallest absolute Gasteiger partial charge is 0.260 e. The van der Waals surface area contributed by atoms with Crippen LogP contribution in [0.2, 0.25) is 0 Å². The predicted octanol–water partition coefficient (Wildman–Crippen LogP) is 5.39. The Labute approximate surface area is 194 Å². The van der Waals surface area contributed by atoms with Crippen molar-refractivity contribution in [3.63, 3.8) is 0 Å². The normalized spacial score (nSPS) is 14.7. The lowest BCUT2D eigenvalue weighted by Crippen LogP contribution is -2.32. The van der Waals surface area contributed by atoms with Crippen molar-refractivity contribution in [2.24, 2.45) is 0 Å². The lowest BCUT2D eigenvalue weighted by Gasteiger charge is -2.27. The molecule has 0 saturated heterocycles. The molecule has 1 aliphatic rings. The molecule has 0 saturated carbocycles. The minimum absolute atomic E-state index is 0.0688. The molecule has 33 heavy (non-hydrogen) atoms. The molecule has 0 radical (unpaired) electrons. The summed E-state index contributed by atoms with van der Waals surface area (Å²) in [6, 6.07) is 22.5. The van der Waals surface area contributed by atoms with Gasteiger partial charge < -0.3 is 15.4 Å². The molecule has 1 heterocycles. The van der Waals surface area contributed by atoms with E-state index in [9.17, 15) is 9.59 Å². The van der Waals surface area contributed by atoms with Crippen molar-refractivity contribution >= 4 is 23.2 Å². The van der Waals surface area contributed by atoms with E-state index >= 15 is 0 Å². The average Bonchev–Trinajstić information content (AvgIpc) is 3.12. The molecular formula is C27H29N3O3. The van der Waals surface area contributed by atoms with Crippen LogP contribution in [0.25, 0.3) is 0 Å². The zero-order valence-electron chi connectivity index (χ0n) is 19.0. The molecule has 6 nitrogen and oxygen atoms in total. The van der Waals surface area contributed by atoms with Gasteiger partial charge in [-0.2, -0.15) is 0 Å². The van der Waals surface area contributed by atoms with Gasteiger partial charge in [0.15, 0.2) is 0 Å². The van der Waals surface area contributed by atoms with E-state index in [4.69, 9.17) is 4.74 Å². The van der Waals surface area contributed by atoms with Gasteiger partial charge in [-0.25, -0.2) is 0 Å². The number of hydrogen-bond donors (Lipinski definition) is 2. The summed E-state index contributed by atoms with van der Waals surface area (Å²) in [6.07, 6.45) is 1.57. The van der Waals surface area contributed by atoms with Gasteiger partial charge in [-0.3, -0.25) is 14.5 Å².